The molecule has 14 atom stereocenters. The number of nitrogens with two attached hydrogens (primary N) is 1. The average molecular weight is 894 g/mol. The minimum Gasteiger partial charge on any atom is -0.471 e. The highest BCUT2D eigenvalue weighted by Gasteiger charge is 2.68. The van der Waals surface area contributed by atoms with Gasteiger partial charge in [-0.2, -0.15) is 0 Å². The lowest BCUT2D eigenvalue weighted by Crippen LogP contribution is -2.57. The Labute approximate surface area is 395 Å². The Kier molecular flexibility index (Phi) is 12.3. The van der Waals surface area contributed by atoms with Crippen LogP contribution in [0.15, 0.2) is 82.6 Å². The second-order valence-corrected chi connectivity index (χ2v) is 23.9. The SMILES string of the molecule is C=C1C[C@@]2(CC[C@@H](CC[C@@]3(O)CCC[C@H](O)C3)C2)[C@@H]2O[C@]2(C)CC[C@@H]2[C@@H]1C[C@]2(C1CCCCC1)[C@@H]1CC[C@H]([C@@H]2CC#C[C@H](Cc3ccccc3)[C@@H](c3cccc4cocc34)CN=C(N)N2)C1. The Balaban J connectivity index is 0.820. The van der Waals surface area contributed by atoms with E-state index in [0.29, 0.717) is 60.0 Å². The van der Waals surface area contributed by atoms with E-state index >= 15 is 0 Å². The van der Waals surface area contributed by atoms with Crippen LogP contribution in [-0.2, 0) is 11.2 Å². The van der Waals surface area contributed by atoms with Crippen molar-refractivity contribution in [3.05, 3.63) is 84.3 Å². The van der Waals surface area contributed by atoms with Gasteiger partial charge in [0.15, 0.2) is 5.96 Å². The number of benzene rings is 2. The van der Waals surface area contributed by atoms with Crippen molar-refractivity contribution in [1.82, 2.24) is 5.32 Å². The molecule has 0 radical (unpaired) electrons. The first kappa shape index (κ1) is 44.9. The van der Waals surface area contributed by atoms with Gasteiger partial charge in [-0.1, -0.05) is 85.9 Å². The average Bonchev–Trinajstić information content (AvgIpc) is 3.75. The van der Waals surface area contributed by atoms with E-state index in [0.717, 1.165) is 68.1 Å². The summed E-state index contributed by atoms with van der Waals surface area (Å²) in [6.45, 7) is 8.09. The molecule has 3 heterocycles. The maximum Gasteiger partial charge on any atom is 0.188 e. The van der Waals surface area contributed by atoms with Crippen molar-refractivity contribution in [1.29, 1.82) is 0 Å². The van der Waals surface area contributed by atoms with Gasteiger partial charge >= 0.3 is 0 Å². The standard InChI is InChI=1S/C59H79N3O4/c1-39-32-57(28-23-41(33-57)24-29-58(64)26-11-18-47(63)34-58)54-56(2,66-54)27-25-52-49(39)35-59(52,45-16-7-4-8-17-45)46-22-21-43(31-46)53-20-10-14-42(30-40-12-5-3-6-13-40)50(36-61-55(60)62-53)48-19-9-15-44-37-65-38-51(44)48/h3,5-6,9,12-13,15,19,37-38,41-43,45-47,49-50,52-54,63-64H,1,4,7-8,11,16-18,20-36H2,2H3,(H3,60,61,62)/t41-,42+,43-,46+,47-,49+,50-,52+,53-,54+,56+,57+,58-,59-/m0/s1. The lowest BCUT2D eigenvalue weighted by molar-refractivity contribution is -0.139. The molecule has 2 aliphatic heterocycles. The van der Waals surface area contributed by atoms with Gasteiger partial charge < -0.3 is 30.4 Å². The first-order valence-corrected chi connectivity index (χ1v) is 26.8. The van der Waals surface area contributed by atoms with Crippen molar-refractivity contribution < 1.29 is 19.4 Å². The van der Waals surface area contributed by atoms with Gasteiger partial charge in [0.2, 0.25) is 0 Å². The summed E-state index contributed by atoms with van der Waals surface area (Å²) in [4.78, 5) is 5.14. The van der Waals surface area contributed by atoms with Gasteiger partial charge in [0.05, 0.1) is 42.5 Å². The summed E-state index contributed by atoms with van der Waals surface area (Å²) in [7, 11) is 0. The first-order chi connectivity index (χ1) is 32.0. The number of aliphatic hydroxyl groups excluding tert-OH is 1. The maximum atomic E-state index is 11.4. The molecule has 6 aliphatic carbocycles. The molecule has 5 N–H and O–H groups in total. The van der Waals surface area contributed by atoms with Crippen molar-refractivity contribution in [3.8, 4) is 11.8 Å². The van der Waals surface area contributed by atoms with Gasteiger partial charge in [-0.3, -0.25) is 4.99 Å². The number of nitrogens with one attached hydrogen (secondary N) is 1. The fourth-order valence-corrected chi connectivity index (χ4v) is 16.8. The van der Waals surface area contributed by atoms with Gasteiger partial charge in [0, 0.05) is 46.9 Å². The number of epoxide rings is 1. The van der Waals surface area contributed by atoms with E-state index < -0.39 is 5.60 Å². The largest absolute Gasteiger partial charge is 0.471 e. The van der Waals surface area contributed by atoms with Crippen LogP contribution in [0.4, 0.5) is 0 Å². The number of guanidine groups is 1. The fraction of sp³-hybridized carbons (Fsp3) is 0.678. The third-order valence-electron chi connectivity index (χ3n) is 20.1. The molecule has 7 nitrogen and oxygen atoms in total. The minimum absolute atomic E-state index is 0.0280. The van der Waals surface area contributed by atoms with Crippen LogP contribution in [0.25, 0.3) is 10.8 Å². The number of ether oxygens (including phenoxy) is 1. The van der Waals surface area contributed by atoms with Gasteiger partial charge in [-0.05, 0) is 175 Å². The highest BCUT2D eigenvalue weighted by Crippen LogP contribution is 2.72. The van der Waals surface area contributed by atoms with Crippen LogP contribution in [-0.4, -0.2) is 52.2 Å². The molecule has 1 aromatic heterocycles. The van der Waals surface area contributed by atoms with E-state index in [-0.39, 0.29) is 35.0 Å². The molecule has 7 heteroatoms. The number of rotatable bonds is 9. The summed E-state index contributed by atoms with van der Waals surface area (Å²) in [5.41, 5.74) is 10.8. The molecule has 66 heavy (non-hydrogen) atoms. The number of aliphatic hydroxyl groups is 2. The van der Waals surface area contributed by atoms with Crippen molar-refractivity contribution in [2.24, 2.45) is 63.0 Å². The van der Waals surface area contributed by atoms with Gasteiger partial charge in [-0.15, -0.1) is 5.92 Å². The third-order valence-corrected chi connectivity index (χ3v) is 20.1. The van der Waals surface area contributed by atoms with Gasteiger partial charge in [0.25, 0.3) is 0 Å². The van der Waals surface area contributed by atoms with Crippen LogP contribution >= 0.6 is 0 Å². The minimum atomic E-state index is -0.689. The van der Waals surface area contributed by atoms with E-state index in [9.17, 15) is 10.2 Å². The van der Waals surface area contributed by atoms with Gasteiger partial charge in [-0.25, -0.2) is 0 Å². The smallest absolute Gasteiger partial charge is 0.188 e. The highest BCUT2D eigenvalue weighted by molar-refractivity contribution is 5.85. The van der Waals surface area contributed by atoms with E-state index in [1.807, 2.05) is 12.5 Å². The third kappa shape index (κ3) is 8.50. The topological polar surface area (TPSA) is 117 Å². The van der Waals surface area contributed by atoms with Crippen molar-refractivity contribution in [2.75, 3.05) is 6.54 Å². The Morgan fingerprint density at radius 2 is 1.74 bits per heavy atom. The predicted octanol–water partition coefficient (Wildman–Crippen LogP) is 11.8. The Morgan fingerprint density at radius 1 is 0.879 bits per heavy atom. The van der Waals surface area contributed by atoms with Crippen molar-refractivity contribution >= 4 is 16.7 Å². The quantitative estimate of drug-likeness (QED) is 0.0966. The molecule has 354 valence electrons. The van der Waals surface area contributed by atoms with Crippen molar-refractivity contribution in [2.45, 2.75) is 190 Å². The van der Waals surface area contributed by atoms with E-state index in [1.165, 1.54) is 107 Å². The summed E-state index contributed by atoms with van der Waals surface area (Å²) in [6.07, 6.45) is 29.7. The molecule has 1 saturated heterocycles. The molecular weight excluding hydrogens is 815 g/mol. The molecule has 6 saturated carbocycles. The molecule has 8 aliphatic rings. The molecule has 1 spiro atoms. The maximum absolute atomic E-state index is 11.4. The molecule has 0 unspecified atom stereocenters. The lowest BCUT2D eigenvalue weighted by Gasteiger charge is -2.64. The predicted molar refractivity (Wildman–Crippen MR) is 265 cm³/mol. The summed E-state index contributed by atoms with van der Waals surface area (Å²) in [5, 5.41) is 27.9. The van der Waals surface area contributed by atoms with Crippen LogP contribution in [0.1, 0.15) is 165 Å². The number of fused-ring (bicyclic) bond motifs is 4. The molecule has 0 bridgehead atoms. The molecule has 2 aromatic carbocycles. The van der Waals surface area contributed by atoms with Crippen molar-refractivity contribution in [3.63, 3.8) is 0 Å². The zero-order chi connectivity index (χ0) is 45.1. The van der Waals surface area contributed by atoms with E-state index in [1.54, 1.807) is 0 Å². The number of aliphatic imine (C=N–C) groups is 1. The Morgan fingerprint density at radius 3 is 2.59 bits per heavy atom. The molecule has 3 aromatic rings. The van der Waals surface area contributed by atoms with Crippen LogP contribution in [0.2, 0.25) is 0 Å². The van der Waals surface area contributed by atoms with Crippen LogP contribution in [0, 0.1) is 64.1 Å². The summed E-state index contributed by atoms with van der Waals surface area (Å²) in [5.74, 6) is 12.4. The summed E-state index contributed by atoms with van der Waals surface area (Å²) >= 11 is 0. The van der Waals surface area contributed by atoms with E-state index in [4.69, 9.17) is 26.5 Å². The number of hydrogen-bond acceptors (Lipinski definition) is 7. The second kappa shape index (κ2) is 18.1. The van der Waals surface area contributed by atoms with Gasteiger partial charge in [0.1, 0.15) is 0 Å². The Hall–Kier alpha value is -3.57. The number of furan rings is 1. The van der Waals surface area contributed by atoms with Crippen LogP contribution in [0.3, 0.4) is 0 Å². The zero-order valence-electron chi connectivity index (χ0n) is 40.0. The van der Waals surface area contributed by atoms with E-state index in [2.05, 4.69) is 72.6 Å². The lowest BCUT2D eigenvalue weighted by atomic mass is 9.40. The number of allylic oxidation sites excluding steroid dienone is 1. The zero-order valence-corrected chi connectivity index (χ0v) is 40.0. The summed E-state index contributed by atoms with van der Waals surface area (Å²) in [6, 6.07) is 17.5. The van der Waals surface area contributed by atoms with Crippen LogP contribution in [0.5, 0.6) is 0 Å². The Bertz CT molecular complexity index is 2310. The molecule has 11 rings (SSSR count). The normalized spacial score (nSPS) is 41.8. The monoisotopic (exact) mass is 894 g/mol. The summed E-state index contributed by atoms with van der Waals surface area (Å²) < 4.78 is 12.7. The molecule has 0 amide bonds. The first-order valence-electron chi connectivity index (χ1n) is 26.8. The van der Waals surface area contributed by atoms with Crippen LogP contribution < -0.4 is 11.1 Å². The number of hydrogen-bond donors (Lipinski definition) is 4. The highest BCUT2D eigenvalue weighted by atomic mass is 16.6. The fourth-order valence-electron chi connectivity index (χ4n) is 16.8. The molecular formula is C59H79N3O4. The number of nitrogens with zero attached hydrogens (tertiary/aromatic N) is 1. The second-order valence-electron chi connectivity index (χ2n) is 23.9. The molecule has 7 fully saturated rings.